The molecule has 0 radical (unpaired) electrons. The molecule has 2 rings (SSSR count). The Kier molecular flexibility index (Phi) is 5.60. The highest BCUT2D eigenvalue weighted by molar-refractivity contribution is 5.71. The smallest absolute Gasteiger partial charge is 0.320 e. The second-order valence-electron chi connectivity index (χ2n) is 5.95. The van der Waals surface area contributed by atoms with Gasteiger partial charge in [-0.15, -0.1) is 0 Å². The lowest BCUT2D eigenvalue weighted by molar-refractivity contribution is -0.149. The topological polar surface area (TPSA) is 29.5 Å². The Morgan fingerprint density at radius 1 is 1.25 bits per heavy atom. The standard InChI is InChI=1S/C17H25NO2/c1-14(2)20-17(19)13-18-10-8-16(9-11-18)12-15-6-4-3-5-7-15/h3-7,14,16H,8-13H2,1-2H3. The van der Waals surface area contributed by atoms with Crippen molar-refractivity contribution < 1.29 is 9.53 Å². The molecule has 0 bridgehead atoms. The van der Waals surface area contributed by atoms with Gasteiger partial charge < -0.3 is 4.74 Å². The van der Waals surface area contributed by atoms with Gasteiger partial charge in [0.2, 0.25) is 0 Å². The van der Waals surface area contributed by atoms with Crippen molar-refractivity contribution in [3.05, 3.63) is 35.9 Å². The van der Waals surface area contributed by atoms with Crippen LogP contribution in [-0.2, 0) is 16.0 Å². The molecule has 0 amide bonds. The normalized spacial score (nSPS) is 17.4. The molecule has 20 heavy (non-hydrogen) atoms. The van der Waals surface area contributed by atoms with Crippen LogP contribution in [0.1, 0.15) is 32.3 Å². The summed E-state index contributed by atoms with van der Waals surface area (Å²) in [5.41, 5.74) is 1.42. The van der Waals surface area contributed by atoms with E-state index in [0.29, 0.717) is 6.54 Å². The SMILES string of the molecule is CC(C)OC(=O)CN1CCC(Cc2ccccc2)CC1. The summed E-state index contributed by atoms with van der Waals surface area (Å²) in [6, 6.07) is 10.7. The summed E-state index contributed by atoms with van der Waals surface area (Å²) in [6.45, 7) is 6.24. The summed E-state index contributed by atoms with van der Waals surface area (Å²) in [5.74, 6) is 0.649. The van der Waals surface area contributed by atoms with Gasteiger partial charge >= 0.3 is 5.97 Å². The molecule has 1 saturated heterocycles. The third-order valence-electron chi connectivity index (χ3n) is 3.79. The van der Waals surface area contributed by atoms with E-state index in [1.54, 1.807) is 0 Å². The van der Waals surface area contributed by atoms with E-state index in [-0.39, 0.29) is 12.1 Å². The molecule has 0 aliphatic carbocycles. The highest BCUT2D eigenvalue weighted by Gasteiger charge is 2.21. The van der Waals surface area contributed by atoms with Gasteiger partial charge in [0.15, 0.2) is 0 Å². The highest BCUT2D eigenvalue weighted by atomic mass is 16.5. The molecule has 0 atom stereocenters. The van der Waals surface area contributed by atoms with Crippen molar-refractivity contribution in [2.45, 2.75) is 39.2 Å². The van der Waals surface area contributed by atoms with E-state index in [0.717, 1.165) is 25.4 Å². The second kappa shape index (κ2) is 7.44. The summed E-state index contributed by atoms with van der Waals surface area (Å²) in [6.07, 6.45) is 3.48. The second-order valence-corrected chi connectivity index (χ2v) is 5.95. The van der Waals surface area contributed by atoms with Gasteiger partial charge in [0.1, 0.15) is 0 Å². The lowest BCUT2D eigenvalue weighted by Gasteiger charge is -2.31. The van der Waals surface area contributed by atoms with Crippen LogP contribution in [0.15, 0.2) is 30.3 Å². The summed E-state index contributed by atoms with van der Waals surface area (Å²) in [5, 5.41) is 0. The average Bonchev–Trinajstić information content (AvgIpc) is 2.41. The van der Waals surface area contributed by atoms with Gasteiger partial charge in [0.05, 0.1) is 12.6 Å². The van der Waals surface area contributed by atoms with E-state index in [4.69, 9.17) is 4.74 Å². The molecule has 0 saturated carbocycles. The number of likely N-dealkylation sites (tertiary alicyclic amines) is 1. The summed E-state index contributed by atoms with van der Waals surface area (Å²) < 4.78 is 5.19. The number of esters is 1. The molecule has 1 aromatic carbocycles. The van der Waals surface area contributed by atoms with Crippen LogP contribution in [0.4, 0.5) is 0 Å². The number of carbonyl (C=O) groups excluding carboxylic acids is 1. The monoisotopic (exact) mass is 275 g/mol. The minimum absolute atomic E-state index is 0.0156. The highest BCUT2D eigenvalue weighted by Crippen LogP contribution is 2.21. The van der Waals surface area contributed by atoms with Gasteiger partial charge in [-0.05, 0) is 57.7 Å². The number of rotatable bonds is 5. The third kappa shape index (κ3) is 4.97. The van der Waals surface area contributed by atoms with Crippen molar-refractivity contribution >= 4 is 5.97 Å². The van der Waals surface area contributed by atoms with Crippen LogP contribution in [0.5, 0.6) is 0 Å². The minimum Gasteiger partial charge on any atom is -0.462 e. The molecule has 1 aromatic rings. The van der Waals surface area contributed by atoms with Gasteiger partial charge in [-0.1, -0.05) is 30.3 Å². The molecular weight excluding hydrogens is 250 g/mol. The molecule has 110 valence electrons. The maximum absolute atomic E-state index is 11.6. The van der Waals surface area contributed by atoms with Crippen molar-refractivity contribution in [1.29, 1.82) is 0 Å². The number of hydrogen-bond acceptors (Lipinski definition) is 3. The fraction of sp³-hybridized carbons (Fsp3) is 0.588. The van der Waals surface area contributed by atoms with Crippen molar-refractivity contribution in [3.8, 4) is 0 Å². The Hall–Kier alpha value is -1.35. The molecule has 0 aromatic heterocycles. The Balaban J connectivity index is 1.71. The Labute approximate surface area is 121 Å². The molecule has 3 heteroatoms. The Morgan fingerprint density at radius 2 is 1.90 bits per heavy atom. The van der Waals surface area contributed by atoms with E-state index < -0.39 is 0 Å². The summed E-state index contributed by atoms with van der Waals surface area (Å²) >= 11 is 0. The molecule has 1 fully saturated rings. The largest absolute Gasteiger partial charge is 0.462 e. The van der Waals surface area contributed by atoms with Gasteiger partial charge in [-0.3, -0.25) is 9.69 Å². The molecule has 1 aliphatic heterocycles. The van der Waals surface area contributed by atoms with Crippen molar-refractivity contribution in [3.63, 3.8) is 0 Å². The molecule has 0 N–H and O–H groups in total. The predicted octanol–water partition coefficient (Wildman–Crippen LogP) is 2.89. The van der Waals surface area contributed by atoms with Crippen LogP contribution >= 0.6 is 0 Å². The lowest BCUT2D eigenvalue weighted by Crippen LogP contribution is -2.38. The van der Waals surface area contributed by atoms with Gasteiger partial charge in [0, 0.05) is 0 Å². The Morgan fingerprint density at radius 3 is 2.50 bits per heavy atom. The molecule has 3 nitrogen and oxygen atoms in total. The van der Waals surface area contributed by atoms with Gasteiger partial charge in [-0.25, -0.2) is 0 Å². The van der Waals surface area contributed by atoms with E-state index in [1.165, 1.54) is 18.4 Å². The minimum atomic E-state index is -0.0958. The average molecular weight is 275 g/mol. The van der Waals surface area contributed by atoms with Gasteiger partial charge in [0.25, 0.3) is 0 Å². The first-order chi connectivity index (χ1) is 9.63. The van der Waals surface area contributed by atoms with Crippen molar-refractivity contribution in [2.24, 2.45) is 5.92 Å². The van der Waals surface area contributed by atoms with Crippen LogP contribution in [0.2, 0.25) is 0 Å². The number of benzene rings is 1. The van der Waals surface area contributed by atoms with Crippen LogP contribution in [-0.4, -0.2) is 36.6 Å². The quantitative estimate of drug-likeness (QED) is 0.774. The van der Waals surface area contributed by atoms with E-state index in [9.17, 15) is 4.79 Å². The van der Waals surface area contributed by atoms with Crippen LogP contribution in [0.25, 0.3) is 0 Å². The zero-order valence-electron chi connectivity index (χ0n) is 12.5. The molecule has 1 heterocycles. The number of ether oxygens (including phenoxy) is 1. The first kappa shape index (κ1) is 15.0. The summed E-state index contributed by atoms with van der Waals surface area (Å²) in [4.78, 5) is 13.8. The van der Waals surface area contributed by atoms with E-state index in [1.807, 2.05) is 13.8 Å². The van der Waals surface area contributed by atoms with Crippen molar-refractivity contribution in [1.82, 2.24) is 4.90 Å². The maximum atomic E-state index is 11.6. The maximum Gasteiger partial charge on any atom is 0.320 e. The van der Waals surface area contributed by atoms with E-state index in [2.05, 4.69) is 35.2 Å². The molecule has 0 unspecified atom stereocenters. The first-order valence-electron chi connectivity index (χ1n) is 7.59. The summed E-state index contributed by atoms with van der Waals surface area (Å²) in [7, 11) is 0. The number of hydrogen-bond donors (Lipinski definition) is 0. The zero-order valence-corrected chi connectivity index (χ0v) is 12.5. The van der Waals surface area contributed by atoms with Gasteiger partial charge in [-0.2, -0.15) is 0 Å². The zero-order chi connectivity index (χ0) is 14.4. The van der Waals surface area contributed by atoms with Crippen LogP contribution < -0.4 is 0 Å². The van der Waals surface area contributed by atoms with Crippen LogP contribution in [0, 0.1) is 5.92 Å². The number of nitrogens with zero attached hydrogens (tertiary/aromatic N) is 1. The fourth-order valence-corrected chi connectivity index (χ4v) is 2.78. The predicted molar refractivity (Wildman–Crippen MR) is 80.5 cm³/mol. The Bertz CT molecular complexity index is 408. The third-order valence-corrected chi connectivity index (χ3v) is 3.79. The molecule has 1 aliphatic rings. The fourth-order valence-electron chi connectivity index (χ4n) is 2.78. The van der Waals surface area contributed by atoms with Crippen molar-refractivity contribution in [2.75, 3.05) is 19.6 Å². The number of piperidine rings is 1. The van der Waals surface area contributed by atoms with Crippen LogP contribution in [0.3, 0.4) is 0 Å². The molecule has 0 spiro atoms. The number of carbonyl (C=O) groups is 1. The van der Waals surface area contributed by atoms with E-state index >= 15 is 0 Å². The lowest BCUT2D eigenvalue weighted by atomic mass is 9.90. The first-order valence-corrected chi connectivity index (χ1v) is 7.59. The molecular formula is C17H25NO2.